The van der Waals surface area contributed by atoms with E-state index in [4.69, 9.17) is 4.74 Å². The second-order valence-electron chi connectivity index (χ2n) is 4.87. The van der Waals surface area contributed by atoms with Crippen LogP contribution in [-0.2, 0) is 11.3 Å². The minimum Gasteiger partial charge on any atom is -0.392 e. The van der Waals surface area contributed by atoms with Gasteiger partial charge in [0, 0.05) is 31.5 Å². The van der Waals surface area contributed by atoms with Gasteiger partial charge in [-0.25, -0.2) is 4.39 Å². The maximum Gasteiger partial charge on any atom is 0.123 e. The molecule has 0 aliphatic heterocycles. The summed E-state index contributed by atoms with van der Waals surface area (Å²) in [6, 6.07) is 4.48. The van der Waals surface area contributed by atoms with E-state index < -0.39 is 0 Å². The number of halogens is 1. The number of nitrogens with zero attached hydrogens (tertiary/aromatic N) is 1. The van der Waals surface area contributed by atoms with Crippen LogP contribution in [0.2, 0.25) is 0 Å². The molecule has 1 aromatic carbocycles. The Morgan fingerprint density at radius 3 is 2.89 bits per heavy atom. The van der Waals surface area contributed by atoms with E-state index in [1.165, 1.54) is 25.0 Å². The second-order valence-corrected chi connectivity index (χ2v) is 4.87. The third kappa shape index (κ3) is 3.68. The molecule has 1 saturated carbocycles. The highest BCUT2D eigenvalue weighted by atomic mass is 19.1. The van der Waals surface area contributed by atoms with E-state index in [2.05, 4.69) is 0 Å². The summed E-state index contributed by atoms with van der Waals surface area (Å²) in [4.78, 5) is 1.98. The molecule has 0 amide bonds. The second kappa shape index (κ2) is 6.16. The number of hydrogen-bond donors (Lipinski definition) is 1. The fourth-order valence-corrected chi connectivity index (χ4v) is 1.91. The Morgan fingerprint density at radius 1 is 1.44 bits per heavy atom. The molecule has 0 atom stereocenters. The maximum atomic E-state index is 13.0. The van der Waals surface area contributed by atoms with Crippen LogP contribution in [0.25, 0.3) is 0 Å². The fourth-order valence-electron chi connectivity index (χ4n) is 1.91. The van der Waals surface area contributed by atoms with Crippen LogP contribution < -0.4 is 4.90 Å². The Morgan fingerprint density at radius 2 is 2.22 bits per heavy atom. The summed E-state index contributed by atoms with van der Waals surface area (Å²) < 4.78 is 18.6. The van der Waals surface area contributed by atoms with E-state index in [-0.39, 0.29) is 12.4 Å². The number of rotatable bonds is 7. The minimum atomic E-state index is -0.318. The Hall–Kier alpha value is -1.13. The van der Waals surface area contributed by atoms with Gasteiger partial charge in [-0.1, -0.05) is 0 Å². The van der Waals surface area contributed by atoms with Gasteiger partial charge in [0.05, 0.1) is 13.2 Å². The Kier molecular flexibility index (Phi) is 4.55. The average Bonchev–Trinajstić information content (AvgIpc) is 3.18. The third-order valence-corrected chi connectivity index (χ3v) is 3.24. The van der Waals surface area contributed by atoms with Crippen molar-refractivity contribution in [3.05, 3.63) is 29.6 Å². The lowest BCUT2D eigenvalue weighted by Crippen LogP contribution is -2.24. The molecule has 0 heterocycles. The largest absolute Gasteiger partial charge is 0.392 e. The monoisotopic (exact) mass is 253 g/mol. The van der Waals surface area contributed by atoms with Gasteiger partial charge < -0.3 is 14.7 Å². The number of hydrogen-bond acceptors (Lipinski definition) is 3. The van der Waals surface area contributed by atoms with Crippen molar-refractivity contribution >= 4 is 5.69 Å². The molecular weight excluding hydrogens is 233 g/mol. The van der Waals surface area contributed by atoms with Crippen LogP contribution >= 0.6 is 0 Å². The summed E-state index contributed by atoms with van der Waals surface area (Å²) >= 11 is 0. The number of aliphatic hydroxyl groups excluding tert-OH is 1. The van der Waals surface area contributed by atoms with Gasteiger partial charge in [-0.2, -0.15) is 0 Å². The first-order chi connectivity index (χ1) is 8.70. The molecule has 0 bridgehead atoms. The van der Waals surface area contributed by atoms with Crippen molar-refractivity contribution in [2.24, 2.45) is 5.92 Å². The number of benzene rings is 1. The molecule has 0 saturated heterocycles. The fraction of sp³-hybridized carbons (Fsp3) is 0.571. The zero-order valence-corrected chi connectivity index (χ0v) is 10.7. The highest BCUT2D eigenvalue weighted by molar-refractivity contribution is 5.52. The Bertz CT molecular complexity index is 393. The highest BCUT2D eigenvalue weighted by Gasteiger charge is 2.21. The van der Waals surface area contributed by atoms with Gasteiger partial charge >= 0.3 is 0 Å². The molecule has 0 spiro atoms. The normalized spacial score (nSPS) is 14.8. The molecule has 3 nitrogen and oxygen atoms in total. The standard InChI is InChI=1S/C14H20FNO2/c1-16(6-7-18-10-11-2-3-11)14-5-4-13(15)8-12(14)9-17/h4-5,8,11,17H,2-3,6-7,9-10H2,1H3. The highest BCUT2D eigenvalue weighted by Crippen LogP contribution is 2.28. The van der Waals surface area contributed by atoms with E-state index in [0.29, 0.717) is 12.2 Å². The lowest BCUT2D eigenvalue weighted by Gasteiger charge is -2.22. The van der Waals surface area contributed by atoms with Crippen molar-refractivity contribution in [1.29, 1.82) is 0 Å². The predicted octanol–water partition coefficient (Wildman–Crippen LogP) is 2.18. The predicted molar refractivity (Wildman–Crippen MR) is 69.1 cm³/mol. The van der Waals surface area contributed by atoms with Gasteiger partial charge in [0.15, 0.2) is 0 Å². The molecule has 1 aromatic rings. The zero-order valence-electron chi connectivity index (χ0n) is 10.7. The van der Waals surface area contributed by atoms with Crippen LogP contribution in [0.5, 0.6) is 0 Å². The van der Waals surface area contributed by atoms with Gasteiger partial charge in [-0.15, -0.1) is 0 Å². The number of ether oxygens (including phenoxy) is 1. The molecule has 0 radical (unpaired) electrons. The van der Waals surface area contributed by atoms with Gasteiger partial charge in [-0.3, -0.25) is 0 Å². The molecule has 1 N–H and O–H groups in total. The van der Waals surface area contributed by atoms with Crippen molar-refractivity contribution in [2.45, 2.75) is 19.4 Å². The summed E-state index contributed by atoms with van der Waals surface area (Å²) in [6.07, 6.45) is 2.59. The molecule has 1 aliphatic carbocycles. The summed E-state index contributed by atoms with van der Waals surface area (Å²) in [7, 11) is 1.92. The summed E-state index contributed by atoms with van der Waals surface area (Å²) in [5.41, 5.74) is 1.47. The smallest absolute Gasteiger partial charge is 0.123 e. The summed E-state index contributed by atoms with van der Waals surface area (Å²) in [6.45, 7) is 2.10. The van der Waals surface area contributed by atoms with Gasteiger partial charge in [0.1, 0.15) is 5.82 Å². The zero-order chi connectivity index (χ0) is 13.0. The SMILES string of the molecule is CN(CCOCC1CC1)c1ccc(F)cc1CO. The Labute approximate surface area is 107 Å². The molecule has 100 valence electrons. The minimum absolute atomic E-state index is 0.152. The Balaban J connectivity index is 1.84. The van der Waals surface area contributed by atoms with Gasteiger partial charge in [-0.05, 0) is 37.0 Å². The van der Waals surface area contributed by atoms with Crippen molar-refractivity contribution in [3.63, 3.8) is 0 Å². The number of aliphatic hydroxyl groups is 1. The van der Waals surface area contributed by atoms with Gasteiger partial charge in [0.2, 0.25) is 0 Å². The summed E-state index contributed by atoms with van der Waals surface area (Å²) in [5.74, 6) is 0.454. The third-order valence-electron chi connectivity index (χ3n) is 3.24. The number of likely N-dealkylation sites (N-methyl/N-ethyl adjacent to an activating group) is 1. The lowest BCUT2D eigenvalue weighted by molar-refractivity contribution is 0.131. The first kappa shape index (κ1) is 13.3. The number of anilines is 1. The van der Waals surface area contributed by atoms with Crippen LogP contribution in [-0.4, -0.2) is 31.9 Å². The van der Waals surface area contributed by atoms with Crippen LogP contribution in [0.1, 0.15) is 18.4 Å². The topological polar surface area (TPSA) is 32.7 Å². The first-order valence-electron chi connectivity index (χ1n) is 6.39. The molecule has 2 rings (SSSR count). The van der Waals surface area contributed by atoms with Crippen LogP contribution in [0, 0.1) is 11.7 Å². The van der Waals surface area contributed by atoms with Crippen LogP contribution in [0.15, 0.2) is 18.2 Å². The maximum absolute atomic E-state index is 13.0. The first-order valence-corrected chi connectivity index (χ1v) is 6.39. The summed E-state index contributed by atoms with van der Waals surface area (Å²) in [5, 5.41) is 9.22. The van der Waals surface area contributed by atoms with Crippen molar-refractivity contribution in [2.75, 3.05) is 31.7 Å². The van der Waals surface area contributed by atoms with E-state index >= 15 is 0 Å². The molecule has 0 aromatic heterocycles. The molecule has 1 fully saturated rings. The quantitative estimate of drug-likeness (QED) is 0.756. The van der Waals surface area contributed by atoms with E-state index in [1.807, 2.05) is 11.9 Å². The van der Waals surface area contributed by atoms with Gasteiger partial charge in [0.25, 0.3) is 0 Å². The molecule has 0 unspecified atom stereocenters. The molecule has 18 heavy (non-hydrogen) atoms. The van der Waals surface area contributed by atoms with Crippen LogP contribution in [0.3, 0.4) is 0 Å². The van der Waals surface area contributed by atoms with Crippen molar-refractivity contribution in [1.82, 2.24) is 0 Å². The van der Waals surface area contributed by atoms with Crippen molar-refractivity contribution < 1.29 is 14.2 Å². The van der Waals surface area contributed by atoms with Crippen molar-refractivity contribution in [3.8, 4) is 0 Å². The average molecular weight is 253 g/mol. The van der Waals surface area contributed by atoms with E-state index in [9.17, 15) is 9.50 Å². The van der Waals surface area contributed by atoms with Crippen LogP contribution in [0.4, 0.5) is 10.1 Å². The molecule has 4 heteroatoms. The van der Waals surface area contributed by atoms with E-state index in [0.717, 1.165) is 24.8 Å². The molecular formula is C14H20FNO2. The lowest BCUT2D eigenvalue weighted by atomic mass is 10.1. The van der Waals surface area contributed by atoms with E-state index in [1.54, 1.807) is 6.07 Å². The molecule has 1 aliphatic rings.